The molecule has 1 unspecified atom stereocenters. The molecule has 0 aliphatic rings. The molecule has 0 saturated carbocycles. The summed E-state index contributed by atoms with van der Waals surface area (Å²) in [6.45, 7) is 0. The van der Waals surface area contributed by atoms with Crippen LogP contribution < -0.4 is 5.32 Å². The normalized spacial score (nSPS) is 12.1. The molecule has 1 amide bonds. The first-order valence-corrected chi connectivity index (χ1v) is 11.2. The quantitative estimate of drug-likeness (QED) is 0.313. The van der Waals surface area contributed by atoms with Crippen LogP contribution in [0.2, 0.25) is 0 Å². The molecule has 0 fully saturated rings. The maximum absolute atomic E-state index is 12.8. The van der Waals surface area contributed by atoms with E-state index < -0.39 is 29.7 Å². The number of aliphatic carboxylic acids is 1. The zero-order valence-electron chi connectivity index (χ0n) is 19.0. The highest BCUT2D eigenvalue weighted by atomic mass is 19.4. The predicted octanol–water partition coefficient (Wildman–Crippen LogP) is 6.47. The molecule has 2 N–H and O–H groups in total. The van der Waals surface area contributed by atoms with Crippen molar-refractivity contribution in [3.63, 3.8) is 0 Å². The lowest BCUT2D eigenvalue weighted by Gasteiger charge is -2.15. The Labute approximate surface area is 206 Å². The number of hydrogen-bond donors (Lipinski definition) is 2. The van der Waals surface area contributed by atoms with E-state index >= 15 is 0 Å². The molecule has 1 atom stereocenters. The van der Waals surface area contributed by atoms with E-state index in [1.165, 1.54) is 24.3 Å². The highest BCUT2D eigenvalue weighted by Gasteiger charge is 2.30. The lowest BCUT2D eigenvalue weighted by molar-refractivity contribution is -0.139. The molecule has 4 aromatic rings. The molecule has 0 bridgehead atoms. The summed E-state index contributed by atoms with van der Waals surface area (Å²) in [6.07, 6.45) is -4.30. The molecule has 0 saturated heterocycles. The van der Waals surface area contributed by atoms with Crippen molar-refractivity contribution in [3.05, 3.63) is 120 Å². The van der Waals surface area contributed by atoms with Gasteiger partial charge in [0.2, 0.25) is 0 Å². The SMILES string of the molecule is O=C(NC(Cc1ccc(-c2ccccc2)cc1)C(=O)O)c1ccc(-c2ccc(C(F)(F)F)cc2)cc1. The third-order valence-electron chi connectivity index (χ3n) is 5.80. The van der Waals surface area contributed by atoms with E-state index in [2.05, 4.69) is 5.32 Å². The van der Waals surface area contributed by atoms with Crippen LogP contribution in [0.1, 0.15) is 21.5 Å². The molecule has 4 rings (SSSR count). The first-order chi connectivity index (χ1) is 17.2. The summed E-state index contributed by atoms with van der Waals surface area (Å²) in [5.41, 5.74) is 3.52. The number of halogens is 3. The van der Waals surface area contributed by atoms with Gasteiger partial charge in [-0.05, 0) is 52.1 Å². The van der Waals surface area contributed by atoms with Gasteiger partial charge in [0, 0.05) is 12.0 Å². The molecule has 0 radical (unpaired) electrons. The molecule has 0 heterocycles. The number of nitrogens with one attached hydrogen (secondary N) is 1. The third-order valence-corrected chi connectivity index (χ3v) is 5.80. The van der Waals surface area contributed by atoms with Gasteiger partial charge in [-0.15, -0.1) is 0 Å². The number of amides is 1. The number of benzene rings is 4. The first kappa shape index (κ1) is 24.7. The van der Waals surface area contributed by atoms with Gasteiger partial charge < -0.3 is 10.4 Å². The average molecular weight is 489 g/mol. The van der Waals surface area contributed by atoms with Gasteiger partial charge >= 0.3 is 12.1 Å². The molecule has 0 aliphatic carbocycles. The van der Waals surface area contributed by atoms with Gasteiger partial charge in [-0.2, -0.15) is 13.2 Å². The molecular formula is C29H22F3NO3. The summed E-state index contributed by atoms with van der Waals surface area (Å²) < 4.78 is 38.3. The summed E-state index contributed by atoms with van der Waals surface area (Å²) in [5, 5.41) is 12.2. The number of hydrogen-bond acceptors (Lipinski definition) is 2. The van der Waals surface area contributed by atoms with Gasteiger partial charge in [0.25, 0.3) is 5.91 Å². The highest BCUT2D eigenvalue weighted by molar-refractivity contribution is 5.97. The average Bonchev–Trinajstić information content (AvgIpc) is 2.89. The second kappa shape index (κ2) is 10.5. The van der Waals surface area contributed by atoms with Crippen molar-refractivity contribution in [2.45, 2.75) is 18.6 Å². The highest BCUT2D eigenvalue weighted by Crippen LogP contribution is 2.31. The topological polar surface area (TPSA) is 66.4 Å². The molecular weight excluding hydrogens is 467 g/mol. The van der Waals surface area contributed by atoms with Crippen LogP contribution in [0.4, 0.5) is 13.2 Å². The van der Waals surface area contributed by atoms with Crippen molar-refractivity contribution in [3.8, 4) is 22.3 Å². The fraction of sp³-hybridized carbons (Fsp3) is 0.103. The van der Waals surface area contributed by atoms with E-state index in [0.29, 0.717) is 11.1 Å². The van der Waals surface area contributed by atoms with E-state index in [-0.39, 0.29) is 12.0 Å². The summed E-state index contributed by atoms with van der Waals surface area (Å²) in [6, 6.07) is 27.1. The van der Waals surface area contributed by atoms with Gasteiger partial charge in [-0.3, -0.25) is 4.79 Å². The first-order valence-electron chi connectivity index (χ1n) is 11.2. The maximum Gasteiger partial charge on any atom is 0.416 e. The molecule has 4 nitrogen and oxygen atoms in total. The summed E-state index contributed by atoms with van der Waals surface area (Å²) in [7, 11) is 0. The minimum atomic E-state index is -4.41. The smallest absolute Gasteiger partial charge is 0.416 e. The van der Waals surface area contributed by atoms with E-state index in [9.17, 15) is 27.9 Å². The fourth-order valence-corrected chi connectivity index (χ4v) is 3.81. The zero-order valence-corrected chi connectivity index (χ0v) is 19.0. The van der Waals surface area contributed by atoms with Crippen molar-refractivity contribution in [2.75, 3.05) is 0 Å². The Kier molecular flexibility index (Phi) is 7.20. The molecule has 0 spiro atoms. The number of carboxylic acids is 1. The van der Waals surface area contributed by atoms with Crippen molar-refractivity contribution in [1.29, 1.82) is 0 Å². The monoisotopic (exact) mass is 489 g/mol. The molecule has 4 aromatic carbocycles. The maximum atomic E-state index is 12.8. The van der Waals surface area contributed by atoms with Crippen LogP contribution in [-0.2, 0) is 17.4 Å². The summed E-state index contributed by atoms with van der Waals surface area (Å²) in [4.78, 5) is 24.5. The van der Waals surface area contributed by atoms with Gasteiger partial charge in [-0.25, -0.2) is 4.79 Å². The lowest BCUT2D eigenvalue weighted by Crippen LogP contribution is -2.42. The largest absolute Gasteiger partial charge is 0.480 e. The van der Waals surface area contributed by atoms with Crippen LogP contribution in [0.25, 0.3) is 22.3 Å². The second-order valence-corrected chi connectivity index (χ2v) is 8.28. The second-order valence-electron chi connectivity index (χ2n) is 8.28. The Hall–Kier alpha value is -4.39. The number of carboxylic acid groups (broad SMARTS) is 1. The molecule has 0 aromatic heterocycles. The van der Waals surface area contributed by atoms with Crippen molar-refractivity contribution >= 4 is 11.9 Å². The molecule has 0 aliphatic heterocycles. The minimum Gasteiger partial charge on any atom is -0.480 e. The Bertz CT molecular complexity index is 1330. The van der Waals surface area contributed by atoms with E-state index in [0.717, 1.165) is 28.8 Å². The number of carbonyl (C=O) groups is 2. The van der Waals surface area contributed by atoms with Crippen LogP contribution in [0.3, 0.4) is 0 Å². The van der Waals surface area contributed by atoms with Crippen molar-refractivity contribution < 1.29 is 27.9 Å². The Morgan fingerprint density at radius 3 is 1.67 bits per heavy atom. The van der Waals surface area contributed by atoms with Crippen LogP contribution in [0.5, 0.6) is 0 Å². The van der Waals surface area contributed by atoms with E-state index in [4.69, 9.17) is 0 Å². The standard InChI is InChI=1S/C29H22F3NO3/c30-29(31,32)25-16-14-23(15-17-25)22-10-12-24(13-11-22)27(34)33-26(28(35)36)18-19-6-8-21(9-7-19)20-4-2-1-3-5-20/h1-17,26H,18H2,(H,33,34)(H,35,36). The van der Waals surface area contributed by atoms with E-state index in [1.54, 1.807) is 12.1 Å². The molecule has 182 valence electrons. The summed E-state index contributed by atoms with van der Waals surface area (Å²) in [5.74, 6) is -1.71. The van der Waals surface area contributed by atoms with Crippen LogP contribution in [-0.4, -0.2) is 23.0 Å². The fourth-order valence-electron chi connectivity index (χ4n) is 3.81. The summed E-state index contributed by atoms with van der Waals surface area (Å²) >= 11 is 0. The van der Waals surface area contributed by atoms with E-state index in [1.807, 2.05) is 54.6 Å². The van der Waals surface area contributed by atoms with Gasteiger partial charge in [0.05, 0.1) is 5.56 Å². The Morgan fingerprint density at radius 1 is 0.694 bits per heavy atom. The van der Waals surface area contributed by atoms with Crippen LogP contribution in [0.15, 0.2) is 103 Å². The predicted molar refractivity (Wildman–Crippen MR) is 131 cm³/mol. The number of carbonyl (C=O) groups excluding carboxylic acids is 1. The molecule has 36 heavy (non-hydrogen) atoms. The van der Waals surface area contributed by atoms with Crippen molar-refractivity contribution in [2.24, 2.45) is 0 Å². The zero-order chi connectivity index (χ0) is 25.7. The minimum absolute atomic E-state index is 0.111. The molecule has 7 heteroatoms. The Balaban J connectivity index is 1.42. The lowest BCUT2D eigenvalue weighted by atomic mass is 10.00. The number of rotatable bonds is 7. The Morgan fingerprint density at radius 2 is 1.17 bits per heavy atom. The van der Waals surface area contributed by atoms with Gasteiger partial charge in [-0.1, -0.05) is 78.9 Å². The van der Waals surface area contributed by atoms with Gasteiger partial charge in [0.1, 0.15) is 6.04 Å². The third kappa shape index (κ3) is 5.99. The van der Waals surface area contributed by atoms with Crippen molar-refractivity contribution in [1.82, 2.24) is 5.32 Å². The van der Waals surface area contributed by atoms with Gasteiger partial charge in [0.15, 0.2) is 0 Å². The number of alkyl halides is 3. The van der Waals surface area contributed by atoms with Crippen LogP contribution in [0, 0.1) is 0 Å². The van der Waals surface area contributed by atoms with Crippen LogP contribution >= 0.6 is 0 Å².